The van der Waals surface area contributed by atoms with Crippen molar-refractivity contribution in [2.45, 2.75) is 23.7 Å². The molecule has 0 saturated heterocycles. The molecule has 1 aromatic rings. The van der Waals surface area contributed by atoms with Crippen LogP contribution in [-0.4, -0.2) is 5.51 Å². The minimum Gasteiger partial charge on any atom is -0.160 e. The maximum absolute atomic E-state index is 12.1. The lowest BCUT2D eigenvalue weighted by atomic mass is 10.2. The van der Waals surface area contributed by atoms with E-state index in [1.165, 1.54) is 12.1 Å². The largest absolute Gasteiger partial charge is 0.446 e. The van der Waals surface area contributed by atoms with Gasteiger partial charge in [0, 0.05) is 4.90 Å². The van der Waals surface area contributed by atoms with Gasteiger partial charge in [-0.2, -0.15) is 13.2 Å². The molecule has 0 spiro atoms. The zero-order chi connectivity index (χ0) is 10.8. The Bertz CT molecular complexity index is 322. The van der Waals surface area contributed by atoms with Gasteiger partial charge in [-0.05, 0) is 35.9 Å². The third-order valence-electron chi connectivity index (χ3n) is 1.63. The van der Waals surface area contributed by atoms with Crippen molar-refractivity contribution in [2.75, 3.05) is 0 Å². The van der Waals surface area contributed by atoms with Gasteiger partial charge in [0.2, 0.25) is 0 Å². The van der Waals surface area contributed by atoms with E-state index in [-0.39, 0.29) is 21.7 Å². The molecule has 0 heterocycles. The normalized spacial score (nSPS) is 11.8. The average Bonchev–Trinajstić information content (AvgIpc) is 2.06. The molecule has 0 unspecified atom stereocenters. The topological polar surface area (TPSA) is 0 Å². The second-order valence-electron chi connectivity index (χ2n) is 2.67. The van der Waals surface area contributed by atoms with Crippen molar-refractivity contribution in [2.24, 2.45) is 0 Å². The van der Waals surface area contributed by atoms with Crippen LogP contribution in [0.5, 0.6) is 0 Å². The number of hydrogen-bond donors (Lipinski definition) is 0. The summed E-state index contributed by atoms with van der Waals surface area (Å²) in [5, 5.41) is 0.143. The lowest BCUT2D eigenvalue weighted by molar-refractivity contribution is -0.0328. The SMILES string of the molecule is CCc1ccc(Cl)c(SC(F)(F)F)c1. The highest BCUT2D eigenvalue weighted by Gasteiger charge is 2.30. The summed E-state index contributed by atoms with van der Waals surface area (Å²) >= 11 is 5.46. The summed E-state index contributed by atoms with van der Waals surface area (Å²) < 4.78 is 36.2. The molecule has 1 aromatic carbocycles. The lowest BCUT2D eigenvalue weighted by Gasteiger charge is -2.08. The first-order chi connectivity index (χ1) is 6.42. The Morgan fingerprint density at radius 3 is 2.50 bits per heavy atom. The Kier molecular flexibility index (Phi) is 3.72. The van der Waals surface area contributed by atoms with Gasteiger partial charge in [-0.15, -0.1) is 0 Å². The van der Waals surface area contributed by atoms with Crippen LogP contribution in [0.1, 0.15) is 12.5 Å². The van der Waals surface area contributed by atoms with Gasteiger partial charge in [-0.25, -0.2) is 0 Å². The average molecular weight is 241 g/mol. The molecule has 0 bridgehead atoms. The Morgan fingerprint density at radius 1 is 1.36 bits per heavy atom. The Labute approximate surface area is 89.4 Å². The monoisotopic (exact) mass is 240 g/mol. The van der Waals surface area contributed by atoms with Crippen molar-refractivity contribution in [3.05, 3.63) is 28.8 Å². The summed E-state index contributed by atoms with van der Waals surface area (Å²) in [5.41, 5.74) is -3.43. The number of hydrogen-bond acceptors (Lipinski definition) is 1. The highest BCUT2D eigenvalue weighted by molar-refractivity contribution is 8.00. The third-order valence-corrected chi connectivity index (χ3v) is 2.86. The van der Waals surface area contributed by atoms with E-state index < -0.39 is 5.51 Å². The molecular weight excluding hydrogens is 233 g/mol. The number of thioether (sulfide) groups is 1. The van der Waals surface area contributed by atoms with Crippen molar-refractivity contribution in [1.29, 1.82) is 0 Å². The van der Waals surface area contributed by atoms with Crippen LogP contribution in [0.4, 0.5) is 13.2 Å². The van der Waals surface area contributed by atoms with Crippen LogP contribution in [0.25, 0.3) is 0 Å². The van der Waals surface area contributed by atoms with Gasteiger partial charge in [0.25, 0.3) is 0 Å². The fourth-order valence-corrected chi connectivity index (χ4v) is 1.83. The smallest absolute Gasteiger partial charge is 0.160 e. The first kappa shape index (κ1) is 11.7. The molecule has 0 aliphatic carbocycles. The summed E-state index contributed by atoms with van der Waals surface area (Å²) in [4.78, 5) is 0.0681. The van der Waals surface area contributed by atoms with Crippen molar-refractivity contribution in [3.8, 4) is 0 Å². The Balaban J connectivity index is 2.95. The highest BCUT2D eigenvalue weighted by Crippen LogP contribution is 2.40. The van der Waals surface area contributed by atoms with Gasteiger partial charge in [0.15, 0.2) is 0 Å². The van der Waals surface area contributed by atoms with E-state index >= 15 is 0 Å². The zero-order valence-electron chi connectivity index (χ0n) is 7.36. The maximum atomic E-state index is 12.1. The van der Waals surface area contributed by atoms with Crippen molar-refractivity contribution >= 4 is 23.4 Å². The molecule has 0 aliphatic rings. The van der Waals surface area contributed by atoms with Crippen LogP contribution in [0.2, 0.25) is 5.02 Å². The fraction of sp³-hybridized carbons (Fsp3) is 0.333. The number of alkyl halides is 3. The quantitative estimate of drug-likeness (QED) is 0.685. The standard InChI is InChI=1S/C9H8ClF3S/c1-2-6-3-4-7(10)8(5-6)14-9(11,12)13/h3-5H,2H2,1H3. The molecule has 5 heteroatoms. The van der Waals surface area contributed by atoms with Crippen molar-refractivity contribution < 1.29 is 13.2 Å². The van der Waals surface area contributed by atoms with Gasteiger partial charge < -0.3 is 0 Å². The summed E-state index contributed by atoms with van der Waals surface area (Å²) in [7, 11) is 0. The molecular formula is C9H8ClF3S. The van der Waals surface area contributed by atoms with Gasteiger partial charge in [-0.1, -0.05) is 24.6 Å². The second-order valence-corrected chi connectivity index (χ2v) is 4.18. The van der Waals surface area contributed by atoms with Crippen molar-refractivity contribution in [1.82, 2.24) is 0 Å². The number of halogens is 4. The van der Waals surface area contributed by atoms with Crippen LogP contribution in [0.3, 0.4) is 0 Å². The third kappa shape index (κ3) is 3.42. The summed E-state index contributed by atoms with van der Waals surface area (Å²) in [5.74, 6) is 0. The molecule has 0 nitrogen and oxygen atoms in total. The molecule has 0 aromatic heterocycles. The predicted molar refractivity (Wildman–Crippen MR) is 52.7 cm³/mol. The second kappa shape index (κ2) is 4.45. The minimum absolute atomic E-state index is 0.0681. The summed E-state index contributed by atoms with van der Waals surface area (Å²) in [6, 6.07) is 4.69. The maximum Gasteiger partial charge on any atom is 0.446 e. The van der Waals surface area contributed by atoms with Crippen LogP contribution >= 0.6 is 23.4 Å². The number of benzene rings is 1. The molecule has 14 heavy (non-hydrogen) atoms. The van der Waals surface area contributed by atoms with Crippen LogP contribution in [0.15, 0.2) is 23.1 Å². The van der Waals surface area contributed by atoms with E-state index in [1.807, 2.05) is 6.92 Å². The fourth-order valence-electron chi connectivity index (χ4n) is 0.971. The Morgan fingerprint density at radius 2 is 2.00 bits per heavy atom. The number of aryl methyl sites for hydroxylation is 1. The molecule has 0 fully saturated rings. The van der Waals surface area contributed by atoms with E-state index in [0.29, 0.717) is 6.42 Å². The first-order valence-corrected chi connectivity index (χ1v) is 5.16. The van der Waals surface area contributed by atoms with Crippen LogP contribution in [0, 0.1) is 0 Å². The molecule has 0 radical (unpaired) electrons. The van der Waals surface area contributed by atoms with Crippen molar-refractivity contribution in [3.63, 3.8) is 0 Å². The predicted octanol–water partition coefficient (Wildman–Crippen LogP) is 4.51. The Hall–Kier alpha value is -0.350. The molecule has 0 N–H and O–H groups in total. The van der Waals surface area contributed by atoms with Gasteiger partial charge in [0.1, 0.15) is 0 Å². The minimum atomic E-state index is -4.28. The van der Waals surface area contributed by atoms with Gasteiger partial charge >= 0.3 is 5.51 Å². The van der Waals surface area contributed by atoms with E-state index in [4.69, 9.17) is 11.6 Å². The van der Waals surface area contributed by atoms with E-state index in [2.05, 4.69) is 0 Å². The zero-order valence-corrected chi connectivity index (χ0v) is 8.93. The molecule has 1 rings (SSSR count). The molecule has 0 amide bonds. The van der Waals surface area contributed by atoms with Crippen LogP contribution < -0.4 is 0 Å². The highest BCUT2D eigenvalue weighted by atomic mass is 35.5. The number of rotatable bonds is 2. The first-order valence-electron chi connectivity index (χ1n) is 3.96. The summed E-state index contributed by atoms with van der Waals surface area (Å²) in [6.07, 6.45) is 0.697. The van der Waals surface area contributed by atoms with E-state index in [1.54, 1.807) is 6.07 Å². The van der Waals surface area contributed by atoms with E-state index in [9.17, 15) is 13.2 Å². The van der Waals surface area contributed by atoms with E-state index in [0.717, 1.165) is 5.56 Å². The van der Waals surface area contributed by atoms with Gasteiger partial charge in [-0.3, -0.25) is 0 Å². The van der Waals surface area contributed by atoms with Crippen LogP contribution in [-0.2, 0) is 6.42 Å². The molecule has 78 valence electrons. The lowest BCUT2D eigenvalue weighted by Crippen LogP contribution is -1.99. The molecule has 0 aliphatic heterocycles. The summed E-state index contributed by atoms with van der Waals surface area (Å²) in [6.45, 7) is 1.88. The molecule has 0 atom stereocenters. The molecule has 0 saturated carbocycles. The van der Waals surface area contributed by atoms with Gasteiger partial charge in [0.05, 0.1) is 5.02 Å².